The fourth-order valence-electron chi connectivity index (χ4n) is 3.27. The maximum atomic E-state index is 12.7. The lowest BCUT2D eigenvalue weighted by Gasteiger charge is -2.32. The second-order valence-electron chi connectivity index (χ2n) is 6.59. The molecule has 0 bridgehead atoms. The average molecular weight is 338 g/mol. The molecule has 2 heterocycles. The largest absolute Gasteiger partial charge is 0.338 e. The number of amides is 1. The van der Waals surface area contributed by atoms with E-state index in [2.05, 4.69) is 0 Å². The van der Waals surface area contributed by atoms with E-state index >= 15 is 0 Å². The van der Waals surface area contributed by atoms with Crippen LogP contribution in [0.1, 0.15) is 28.8 Å². The Bertz CT molecular complexity index is 826. The molecule has 0 aliphatic carbocycles. The van der Waals surface area contributed by atoms with Crippen LogP contribution < -0.4 is 5.56 Å². The zero-order valence-electron chi connectivity index (χ0n) is 14.4. The molecule has 0 saturated carbocycles. The van der Waals surface area contributed by atoms with Gasteiger partial charge in [-0.25, -0.2) is 0 Å². The predicted molar refractivity (Wildman–Crippen MR) is 95.5 cm³/mol. The molecule has 1 amide bonds. The number of hydrogen-bond donors (Lipinski definition) is 0. The number of hydrogen-bond acceptors (Lipinski definition) is 3. The molecule has 0 N–H and O–H groups in total. The second-order valence-corrected chi connectivity index (χ2v) is 6.59. The summed E-state index contributed by atoms with van der Waals surface area (Å²) in [7, 11) is 1.63. The minimum absolute atomic E-state index is 0.118. The summed E-state index contributed by atoms with van der Waals surface area (Å²) in [6, 6.07) is 12.7. The lowest BCUT2D eigenvalue weighted by Crippen LogP contribution is -2.43. The molecule has 1 fully saturated rings. The van der Waals surface area contributed by atoms with E-state index in [1.807, 2.05) is 30.3 Å². The number of ketones is 1. The van der Waals surface area contributed by atoms with Crippen molar-refractivity contribution in [3.63, 3.8) is 0 Å². The Morgan fingerprint density at radius 2 is 1.88 bits per heavy atom. The van der Waals surface area contributed by atoms with Gasteiger partial charge in [0.1, 0.15) is 5.78 Å². The van der Waals surface area contributed by atoms with Crippen LogP contribution in [0.5, 0.6) is 0 Å². The van der Waals surface area contributed by atoms with E-state index in [0.717, 1.165) is 18.4 Å². The second kappa shape index (κ2) is 7.47. The molecule has 25 heavy (non-hydrogen) atoms. The van der Waals surface area contributed by atoms with Crippen LogP contribution in [-0.2, 0) is 18.3 Å². The fourth-order valence-corrected chi connectivity index (χ4v) is 3.27. The number of pyridine rings is 1. The van der Waals surface area contributed by atoms with Gasteiger partial charge in [-0.2, -0.15) is 0 Å². The number of benzene rings is 1. The molecule has 0 radical (unpaired) electrons. The van der Waals surface area contributed by atoms with Gasteiger partial charge in [0.25, 0.3) is 5.91 Å². The molecular formula is C20H22N2O3. The molecular weight excluding hydrogens is 316 g/mol. The molecule has 1 aromatic heterocycles. The summed E-state index contributed by atoms with van der Waals surface area (Å²) in [5, 5.41) is 0. The van der Waals surface area contributed by atoms with E-state index in [1.165, 1.54) is 10.6 Å². The number of carbonyl (C=O) groups excluding carboxylic acids is 2. The third-order valence-electron chi connectivity index (χ3n) is 4.72. The van der Waals surface area contributed by atoms with E-state index in [1.54, 1.807) is 24.2 Å². The number of rotatable bonds is 4. The first-order valence-electron chi connectivity index (χ1n) is 8.57. The number of Topliss-reactive ketones (excluding diaryl/α,β-unsaturated/α-hetero) is 1. The Labute approximate surface area is 146 Å². The molecule has 1 saturated heterocycles. The van der Waals surface area contributed by atoms with Crippen molar-refractivity contribution >= 4 is 11.7 Å². The molecule has 2 aromatic rings. The maximum absolute atomic E-state index is 12.7. The Kier molecular flexibility index (Phi) is 5.12. The molecule has 1 aromatic carbocycles. The van der Waals surface area contributed by atoms with Crippen molar-refractivity contribution in [2.24, 2.45) is 13.0 Å². The van der Waals surface area contributed by atoms with Crippen LogP contribution in [0.4, 0.5) is 0 Å². The fraction of sp³-hybridized carbons (Fsp3) is 0.350. The van der Waals surface area contributed by atoms with Gasteiger partial charge in [0.05, 0.1) is 5.56 Å². The van der Waals surface area contributed by atoms with Gasteiger partial charge < -0.3 is 9.47 Å². The van der Waals surface area contributed by atoms with Gasteiger partial charge in [-0.15, -0.1) is 0 Å². The first-order valence-corrected chi connectivity index (χ1v) is 8.57. The van der Waals surface area contributed by atoms with Gasteiger partial charge >= 0.3 is 0 Å². The molecule has 130 valence electrons. The highest BCUT2D eigenvalue weighted by Crippen LogP contribution is 2.21. The number of likely N-dealkylation sites (tertiary alicyclic amines) is 1. The molecule has 1 aliphatic heterocycles. The van der Waals surface area contributed by atoms with Crippen LogP contribution in [0, 0.1) is 5.92 Å². The standard InChI is InChI=1S/C20H22N2O3/c1-21-13-17(9-10-19(21)24)20(25)22-11-5-8-16(14-22)18(23)12-15-6-3-2-4-7-15/h2-4,6-7,9-10,13,16H,5,8,11-12,14H2,1H3/t16-/m0/s1. The van der Waals surface area contributed by atoms with Crippen LogP contribution in [0.15, 0.2) is 53.5 Å². The van der Waals surface area contributed by atoms with Crippen LogP contribution >= 0.6 is 0 Å². The van der Waals surface area contributed by atoms with Crippen molar-refractivity contribution in [3.8, 4) is 0 Å². The Morgan fingerprint density at radius 3 is 2.60 bits per heavy atom. The zero-order valence-corrected chi connectivity index (χ0v) is 14.4. The first-order chi connectivity index (χ1) is 12.0. The zero-order chi connectivity index (χ0) is 17.8. The molecule has 1 aliphatic rings. The van der Waals surface area contributed by atoms with Crippen molar-refractivity contribution < 1.29 is 9.59 Å². The smallest absolute Gasteiger partial charge is 0.255 e. The highest BCUT2D eigenvalue weighted by Gasteiger charge is 2.28. The van der Waals surface area contributed by atoms with E-state index in [9.17, 15) is 14.4 Å². The van der Waals surface area contributed by atoms with E-state index in [0.29, 0.717) is 25.1 Å². The summed E-state index contributed by atoms with van der Waals surface area (Å²) in [5.41, 5.74) is 1.35. The van der Waals surface area contributed by atoms with Gasteiger partial charge in [-0.1, -0.05) is 30.3 Å². The molecule has 0 spiro atoms. The monoisotopic (exact) mass is 338 g/mol. The van der Waals surface area contributed by atoms with Crippen molar-refractivity contribution in [2.45, 2.75) is 19.3 Å². The summed E-state index contributed by atoms with van der Waals surface area (Å²) in [4.78, 5) is 38.5. The minimum atomic E-state index is -0.147. The van der Waals surface area contributed by atoms with Crippen LogP contribution in [-0.4, -0.2) is 34.2 Å². The highest BCUT2D eigenvalue weighted by molar-refractivity contribution is 5.94. The van der Waals surface area contributed by atoms with E-state index in [-0.39, 0.29) is 23.2 Å². The summed E-state index contributed by atoms with van der Waals surface area (Å²) in [6.07, 6.45) is 3.61. The first kappa shape index (κ1) is 17.1. The minimum Gasteiger partial charge on any atom is -0.338 e. The summed E-state index contributed by atoms with van der Waals surface area (Å²) in [5.74, 6) is -0.0533. The SMILES string of the molecule is Cn1cc(C(=O)N2CCC[C@H](C(=O)Cc3ccccc3)C2)ccc1=O. The normalized spacial score (nSPS) is 17.3. The third-order valence-corrected chi connectivity index (χ3v) is 4.72. The number of aromatic nitrogens is 1. The molecule has 5 heteroatoms. The lowest BCUT2D eigenvalue weighted by atomic mass is 9.90. The van der Waals surface area contributed by atoms with E-state index < -0.39 is 0 Å². The van der Waals surface area contributed by atoms with Gasteiger partial charge in [-0.05, 0) is 24.5 Å². The van der Waals surface area contributed by atoms with Crippen molar-refractivity contribution in [1.82, 2.24) is 9.47 Å². The molecule has 0 unspecified atom stereocenters. The van der Waals surface area contributed by atoms with Crippen LogP contribution in [0.25, 0.3) is 0 Å². The quantitative estimate of drug-likeness (QED) is 0.857. The Morgan fingerprint density at radius 1 is 1.12 bits per heavy atom. The average Bonchev–Trinajstić information content (AvgIpc) is 2.64. The van der Waals surface area contributed by atoms with Crippen molar-refractivity contribution in [3.05, 3.63) is 70.1 Å². The third kappa shape index (κ3) is 4.05. The van der Waals surface area contributed by atoms with Crippen LogP contribution in [0.3, 0.4) is 0 Å². The van der Waals surface area contributed by atoms with Gasteiger partial charge in [0.15, 0.2) is 0 Å². The van der Waals surface area contributed by atoms with Gasteiger partial charge in [0, 0.05) is 44.7 Å². The lowest BCUT2D eigenvalue weighted by molar-refractivity contribution is -0.123. The summed E-state index contributed by atoms with van der Waals surface area (Å²) < 4.78 is 1.40. The Hall–Kier alpha value is -2.69. The summed E-state index contributed by atoms with van der Waals surface area (Å²) >= 11 is 0. The summed E-state index contributed by atoms with van der Waals surface area (Å²) in [6.45, 7) is 1.10. The predicted octanol–water partition coefficient (Wildman–Crippen LogP) is 2.05. The van der Waals surface area contributed by atoms with Crippen molar-refractivity contribution in [2.75, 3.05) is 13.1 Å². The maximum Gasteiger partial charge on any atom is 0.255 e. The van der Waals surface area contributed by atoms with Gasteiger partial charge in [-0.3, -0.25) is 14.4 Å². The molecule has 3 rings (SSSR count). The van der Waals surface area contributed by atoms with Gasteiger partial charge in [0.2, 0.25) is 5.56 Å². The highest BCUT2D eigenvalue weighted by atomic mass is 16.2. The molecule has 5 nitrogen and oxygen atoms in total. The van der Waals surface area contributed by atoms with Crippen molar-refractivity contribution in [1.29, 1.82) is 0 Å². The number of nitrogens with zero attached hydrogens (tertiary/aromatic N) is 2. The van der Waals surface area contributed by atoms with E-state index in [4.69, 9.17) is 0 Å². The Balaban J connectivity index is 1.68. The van der Waals surface area contributed by atoms with Crippen LogP contribution in [0.2, 0.25) is 0 Å². The molecule has 1 atom stereocenters. The number of piperidine rings is 1. The topological polar surface area (TPSA) is 59.4 Å². The number of carbonyl (C=O) groups is 2. The number of aryl methyl sites for hydroxylation is 1.